The molecule has 0 saturated carbocycles. The van der Waals surface area contributed by atoms with Crippen molar-refractivity contribution in [3.05, 3.63) is 132 Å². The summed E-state index contributed by atoms with van der Waals surface area (Å²) in [7, 11) is 0. The van der Waals surface area contributed by atoms with Crippen LogP contribution in [0.2, 0.25) is 0 Å². The van der Waals surface area contributed by atoms with E-state index in [9.17, 15) is 19.2 Å². The topological polar surface area (TPSA) is 124 Å². The number of esters is 4. The molecule has 1 aliphatic carbocycles. The molecule has 3 aromatic carbocycles. The van der Waals surface area contributed by atoms with Gasteiger partial charge in [-0.25, -0.2) is 19.2 Å². The van der Waals surface area contributed by atoms with Gasteiger partial charge >= 0.3 is 23.9 Å². The minimum atomic E-state index is -0.512. The Balaban J connectivity index is 1.20. The summed E-state index contributed by atoms with van der Waals surface area (Å²) < 4.78 is 32.2. The minimum Gasteiger partial charge on any atom is -0.493 e. The van der Waals surface area contributed by atoms with Gasteiger partial charge in [-0.15, -0.1) is 0 Å². The van der Waals surface area contributed by atoms with E-state index in [2.05, 4.69) is 13.2 Å². The van der Waals surface area contributed by atoms with Gasteiger partial charge in [0.25, 0.3) is 0 Å². The van der Waals surface area contributed by atoms with Gasteiger partial charge in [-0.1, -0.05) is 37.4 Å². The molecule has 0 N–H and O–H groups in total. The molecular formula is C38H36O10. The van der Waals surface area contributed by atoms with Crippen molar-refractivity contribution < 1.29 is 47.6 Å². The Hall–Kier alpha value is -5.90. The van der Waals surface area contributed by atoms with Crippen molar-refractivity contribution >= 4 is 23.9 Å². The van der Waals surface area contributed by atoms with Crippen molar-refractivity contribution in [2.24, 2.45) is 0 Å². The van der Waals surface area contributed by atoms with Gasteiger partial charge < -0.3 is 28.4 Å². The third-order valence-electron chi connectivity index (χ3n) is 6.82. The van der Waals surface area contributed by atoms with Crippen LogP contribution in [0.15, 0.2) is 121 Å². The molecule has 0 spiro atoms. The quantitative estimate of drug-likeness (QED) is 0.0697. The summed E-state index contributed by atoms with van der Waals surface area (Å²) in [6, 6.07) is 21.0. The van der Waals surface area contributed by atoms with Crippen LogP contribution in [0.3, 0.4) is 0 Å². The molecule has 0 fully saturated rings. The van der Waals surface area contributed by atoms with Crippen LogP contribution < -0.4 is 9.47 Å². The summed E-state index contributed by atoms with van der Waals surface area (Å²) in [6.45, 7) is 9.37. The van der Waals surface area contributed by atoms with Crippen LogP contribution in [0, 0.1) is 0 Å². The summed E-state index contributed by atoms with van der Waals surface area (Å²) in [5.74, 6) is 0.203. The molecule has 0 aromatic heterocycles. The predicted molar refractivity (Wildman–Crippen MR) is 177 cm³/mol. The SMILES string of the molecule is C=CC(=O)OCCCOc1ccc(C(=O)OC2=CC=C(OC(=O)c3ccc(-c4ccc(OCCOC(=O)C(=C)C)cc4)cc3)CC2)cc1. The molecule has 48 heavy (non-hydrogen) atoms. The Morgan fingerprint density at radius 3 is 1.62 bits per heavy atom. The van der Waals surface area contributed by atoms with Crippen LogP contribution in [-0.2, 0) is 28.5 Å². The van der Waals surface area contributed by atoms with E-state index >= 15 is 0 Å². The summed E-state index contributed by atoms with van der Waals surface area (Å²) in [6.07, 6.45) is 5.64. The van der Waals surface area contributed by atoms with Crippen molar-refractivity contribution in [3.8, 4) is 22.6 Å². The third-order valence-corrected chi connectivity index (χ3v) is 6.82. The Morgan fingerprint density at radius 2 is 1.12 bits per heavy atom. The van der Waals surface area contributed by atoms with E-state index in [-0.39, 0.29) is 19.8 Å². The number of hydrogen-bond acceptors (Lipinski definition) is 10. The molecule has 0 radical (unpaired) electrons. The number of hydrogen-bond donors (Lipinski definition) is 0. The van der Waals surface area contributed by atoms with Crippen molar-refractivity contribution in [3.63, 3.8) is 0 Å². The number of ether oxygens (including phenoxy) is 6. The van der Waals surface area contributed by atoms with E-state index in [0.717, 1.165) is 17.2 Å². The number of benzene rings is 3. The highest BCUT2D eigenvalue weighted by molar-refractivity contribution is 5.91. The highest BCUT2D eigenvalue weighted by Crippen LogP contribution is 2.25. The van der Waals surface area contributed by atoms with E-state index in [1.165, 1.54) is 0 Å². The van der Waals surface area contributed by atoms with Crippen LogP contribution in [-0.4, -0.2) is 50.3 Å². The van der Waals surface area contributed by atoms with Gasteiger partial charge in [0, 0.05) is 30.9 Å². The first-order chi connectivity index (χ1) is 23.2. The second-order valence-corrected chi connectivity index (χ2v) is 10.5. The maximum Gasteiger partial charge on any atom is 0.343 e. The Morgan fingerprint density at radius 1 is 0.646 bits per heavy atom. The van der Waals surface area contributed by atoms with Crippen molar-refractivity contribution in [1.82, 2.24) is 0 Å². The van der Waals surface area contributed by atoms with Gasteiger partial charge in [0.15, 0.2) is 0 Å². The first-order valence-corrected chi connectivity index (χ1v) is 15.2. The molecular weight excluding hydrogens is 616 g/mol. The fourth-order valence-electron chi connectivity index (χ4n) is 4.25. The minimum absolute atomic E-state index is 0.126. The fraction of sp³-hybridized carbons (Fsp3) is 0.211. The lowest BCUT2D eigenvalue weighted by Crippen LogP contribution is -2.12. The molecule has 3 aromatic rings. The van der Waals surface area contributed by atoms with E-state index < -0.39 is 23.9 Å². The molecule has 4 rings (SSSR count). The normalized spacial score (nSPS) is 12.0. The zero-order valence-corrected chi connectivity index (χ0v) is 26.6. The monoisotopic (exact) mass is 652 g/mol. The predicted octanol–water partition coefficient (Wildman–Crippen LogP) is 6.93. The smallest absolute Gasteiger partial charge is 0.343 e. The standard InChI is InChI=1S/C38H36O10/c1-4-35(39)45-23-5-22-43-31-16-12-30(13-17-31)38(42)48-34-20-18-33(19-21-34)47-37(41)29-8-6-27(7-9-29)28-10-14-32(15-11-28)44-24-25-46-36(40)26(2)3/h4,6-18,20H,1-2,5,19,21-25H2,3H3. The van der Waals surface area contributed by atoms with E-state index in [1.807, 2.05) is 36.4 Å². The fourth-order valence-corrected chi connectivity index (χ4v) is 4.25. The lowest BCUT2D eigenvalue weighted by atomic mass is 10.0. The number of rotatable bonds is 16. The Labute approximate surface area is 278 Å². The average molecular weight is 653 g/mol. The molecule has 0 aliphatic heterocycles. The van der Waals surface area contributed by atoms with Gasteiger partial charge in [-0.3, -0.25) is 0 Å². The Kier molecular flexibility index (Phi) is 12.9. The highest BCUT2D eigenvalue weighted by atomic mass is 16.6. The summed E-state index contributed by atoms with van der Waals surface area (Å²) in [5, 5.41) is 0. The van der Waals surface area contributed by atoms with Crippen molar-refractivity contribution in [2.75, 3.05) is 26.4 Å². The maximum atomic E-state index is 12.8. The zero-order valence-electron chi connectivity index (χ0n) is 26.6. The molecule has 0 unspecified atom stereocenters. The molecule has 0 atom stereocenters. The maximum absolute atomic E-state index is 12.8. The zero-order chi connectivity index (χ0) is 34.3. The molecule has 0 heterocycles. The summed E-state index contributed by atoms with van der Waals surface area (Å²) >= 11 is 0. The van der Waals surface area contributed by atoms with Gasteiger partial charge in [-0.05, 0) is 78.7 Å². The number of carbonyl (C=O) groups excluding carboxylic acids is 4. The van der Waals surface area contributed by atoms with Gasteiger partial charge in [0.05, 0.1) is 24.3 Å². The summed E-state index contributed by atoms with van der Waals surface area (Å²) in [4.78, 5) is 47.8. The largest absolute Gasteiger partial charge is 0.493 e. The van der Waals surface area contributed by atoms with Crippen LogP contribution in [0.4, 0.5) is 0 Å². The average Bonchev–Trinajstić information content (AvgIpc) is 3.11. The molecule has 10 nitrogen and oxygen atoms in total. The van der Waals surface area contributed by atoms with E-state index in [0.29, 0.717) is 65.6 Å². The van der Waals surface area contributed by atoms with Gasteiger partial charge in [0.1, 0.15) is 36.2 Å². The first kappa shape index (κ1) is 35.0. The lowest BCUT2D eigenvalue weighted by Gasteiger charge is -2.15. The highest BCUT2D eigenvalue weighted by Gasteiger charge is 2.17. The second-order valence-electron chi connectivity index (χ2n) is 10.5. The number of carbonyl (C=O) groups is 4. The Bertz CT molecular complexity index is 1680. The molecule has 1 aliphatic rings. The van der Waals surface area contributed by atoms with E-state index in [4.69, 9.17) is 28.4 Å². The molecule has 0 bridgehead atoms. The first-order valence-electron chi connectivity index (χ1n) is 15.2. The number of allylic oxidation sites excluding steroid dienone is 4. The lowest BCUT2D eigenvalue weighted by molar-refractivity contribution is -0.140. The van der Waals surface area contributed by atoms with Crippen LogP contribution in [0.25, 0.3) is 11.1 Å². The van der Waals surface area contributed by atoms with Crippen LogP contribution in [0.5, 0.6) is 11.5 Å². The third kappa shape index (κ3) is 10.9. The molecule has 248 valence electrons. The van der Waals surface area contributed by atoms with E-state index in [1.54, 1.807) is 55.5 Å². The van der Waals surface area contributed by atoms with Crippen LogP contribution >= 0.6 is 0 Å². The van der Waals surface area contributed by atoms with Crippen molar-refractivity contribution in [2.45, 2.75) is 26.2 Å². The van der Waals surface area contributed by atoms with Gasteiger partial charge in [-0.2, -0.15) is 0 Å². The van der Waals surface area contributed by atoms with Crippen molar-refractivity contribution in [1.29, 1.82) is 0 Å². The molecule has 0 saturated heterocycles. The van der Waals surface area contributed by atoms with Crippen LogP contribution in [0.1, 0.15) is 46.9 Å². The second kappa shape index (κ2) is 17.7. The van der Waals surface area contributed by atoms with Gasteiger partial charge in [0.2, 0.25) is 0 Å². The molecule has 10 heteroatoms. The molecule has 0 amide bonds. The summed E-state index contributed by atoms with van der Waals surface area (Å²) in [5.41, 5.74) is 2.93.